The number of benzene rings is 1. The van der Waals surface area contributed by atoms with Crippen molar-refractivity contribution in [2.24, 2.45) is 0 Å². The van der Waals surface area contributed by atoms with E-state index in [0.29, 0.717) is 4.90 Å². The third-order valence-corrected chi connectivity index (χ3v) is 2.17. The van der Waals surface area contributed by atoms with Crippen molar-refractivity contribution in [1.29, 1.82) is 5.26 Å². The summed E-state index contributed by atoms with van der Waals surface area (Å²) in [5.74, 6) is -0.529. The molecule has 12 heavy (non-hydrogen) atoms. The average Bonchev–Trinajstić information content (AvgIpc) is 2.09. The molecule has 0 heterocycles. The minimum atomic E-state index is -0.529. The highest BCUT2D eigenvalue weighted by Crippen LogP contribution is 2.23. The van der Waals surface area contributed by atoms with Crippen LogP contribution in [0.15, 0.2) is 17.0 Å². The SMILES string of the molecule is CSc1cc(F)c(N)c(C#N)c1. The first kappa shape index (κ1) is 8.88. The van der Waals surface area contributed by atoms with E-state index >= 15 is 0 Å². The third-order valence-electron chi connectivity index (χ3n) is 1.46. The summed E-state index contributed by atoms with van der Waals surface area (Å²) in [4.78, 5) is 0.707. The summed E-state index contributed by atoms with van der Waals surface area (Å²) in [5.41, 5.74) is 5.43. The van der Waals surface area contributed by atoms with Gasteiger partial charge in [-0.05, 0) is 18.4 Å². The lowest BCUT2D eigenvalue weighted by atomic mass is 10.2. The van der Waals surface area contributed by atoms with Crippen LogP contribution in [-0.4, -0.2) is 6.26 Å². The van der Waals surface area contributed by atoms with Crippen molar-refractivity contribution >= 4 is 17.4 Å². The first-order valence-corrected chi connectivity index (χ1v) is 4.44. The van der Waals surface area contributed by atoms with Gasteiger partial charge in [-0.1, -0.05) is 0 Å². The van der Waals surface area contributed by atoms with Crippen LogP contribution in [0, 0.1) is 17.1 Å². The maximum absolute atomic E-state index is 12.9. The summed E-state index contributed by atoms with van der Waals surface area (Å²) in [5, 5.41) is 8.56. The third kappa shape index (κ3) is 1.51. The molecule has 0 bridgehead atoms. The molecule has 1 aromatic rings. The largest absolute Gasteiger partial charge is 0.395 e. The molecule has 4 heteroatoms. The van der Waals surface area contributed by atoms with Crippen LogP contribution in [0.3, 0.4) is 0 Å². The number of nitrogens with zero attached hydrogens (tertiary/aromatic N) is 1. The topological polar surface area (TPSA) is 49.8 Å². The fraction of sp³-hybridized carbons (Fsp3) is 0.125. The van der Waals surface area contributed by atoms with Gasteiger partial charge >= 0.3 is 0 Å². The molecule has 1 aromatic carbocycles. The van der Waals surface area contributed by atoms with E-state index in [4.69, 9.17) is 11.0 Å². The zero-order valence-corrected chi connectivity index (χ0v) is 7.28. The Balaban J connectivity index is 3.31. The van der Waals surface area contributed by atoms with Gasteiger partial charge in [-0.2, -0.15) is 5.26 Å². The molecule has 0 saturated carbocycles. The molecule has 2 N–H and O–H groups in total. The summed E-state index contributed by atoms with van der Waals surface area (Å²) in [6.45, 7) is 0. The Morgan fingerprint density at radius 2 is 2.25 bits per heavy atom. The number of nitriles is 1. The van der Waals surface area contributed by atoms with E-state index in [1.54, 1.807) is 6.07 Å². The minimum Gasteiger partial charge on any atom is -0.395 e. The van der Waals surface area contributed by atoms with Crippen LogP contribution >= 0.6 is 11.8 Å². The van der Waals surface area contributed by atoms with Crippen LogP contribution in [0.1, 0.15) is 5.56 Å². The van der Waals surface area contributed by atoms with Gasteiger partial charge in [0.2, 0.25) is 0 Å². The van der Waals surface area contributed by atoms with Gasteiger partial charge in [-0.15, -0.1) is 11.8 Å². The summed E-state index contributed by atoms with van der Waals surface area (Å²) in [6.07, 6.45) is 1.81. The molecule has 1 rings (SSSR count). The predicted octanol–water partition coefficient (Wildman–Crippen LogP) is 2.00. The number of hydrogen-bond donors (Lipinski definition) is 1. The molecule has 0 aromatic heterocycles. The molecule has 0 saturated heterocycles. The Bertz CT molecular complexity index is 344. The molecule has 0 unspecified atom stereocenters. The molecular formula is C8H7FN2S. The van der Waals surface area contributed by atoms with Gasteiger partial charge in [0, 0.05) is 4.90 Å². The van der Waals surface area contributed by atoms with E-state index in [1.807, 2.05) is 12.3 Å². The van der Waals surface area contributed by atoms with E-state index in [9.17, 15) is 4.39 Å². The second-order valence-electron chi connectivity index (χ2n) is 2.18. The van der Waals surface area contributed by atoms with Crippen LogP contribution in [-0.2, 0) is 0 Å². The smallest absolute Gasteiger partial charge is 0.148 e. The molecule has 0 aliphatic heterocycles. The molecule has 0 fully saturated rings. The molecular weight excluding hydrogens is 175 g/mol. The number of rotatable bonds is 1. The molecule has 0 aliphatic rings. The number of halogens is 1. The lowest BCUT2D eigenvalue weighted by molar-refractivity contribution is 0.628. The summed E-state index contributed by atoms with van der Waals surface area (Å²) in [7, 11) is 0. The lowest BCUT2D eigenvalue weighted by Gasteiger charge is -2.01. The standard InChI is InChI=1S/C8H7FN2S/c1-12-6-2-5(4-10)8(11)7(9)3-6/h2-3H,11H2,1H3. The molecule has 2 nitrogen and oxygen atoms in total. The Morgan fingerprint density at radius 1 is 1.58 bits per heavy atom. The first-order chi connectivity index (χ1) is 5.69. The monoisotopic (exact) mass is 182 g/mol. The maximum atomic E-state index is 12.9. The Kier molecular flexibility index (Phi) is 2.56. The van der Waals surface area contributed by atoms with E-state index in [2.05, 4.69) is 0 Å². The highest BCUT2D eigenvalue weighted by atomic mass is 32.2. The summed E-state index contributed by atoms with van der Waals surface area (Å²) in [6, 6.07) is 4.73. The molecule has 0 amide bonds. The Hall–Kier alpha value is -1.21. The van der Waals surface area contributed by atoms with Gasteiger partial charge in [-0.3, -0.25) is 0 Å². The van der Waals surface area contributed by atoms with Crippen LogP contribution in [0.25, 0.3) is 0 Å². The molecule has 0 radical (unpaired) electrons. The Labute approximate surface area is 74.2 Å². The highest BCUT2D eigenvalue weighted by molar-refractivity contribution is 7.98. The van der Waals surface area contributed by atoms with E-state index in [1.165, 1.54) is 17.8 Å². The number of nitrogen functional groups attached to an aromatic ring is 1. The number of anilines is 1. The summed E-state index contributed by atoms with van der Waals surface area (Å²) >= 11 is 1.37. The minimum absolute atomic E-state index is 0.0738. The maximum Gasteiger partial charge on any atom is 0.148 e. The van der Waals surface area contributed by atoms with E-state index in [-0.39, 0.29) is 11.3 Å². The van der Waals surface area contributed by atoms with Crippen molar-refractivity contribution in [3.8, 4) is 6.07 Å². The summed E-state index contributed by atoms with van der Waals surface area (Å²) < 4.78 is 12.9. The van der Waals surface area contributed by atoms with Crippen molar-refractivity contribution in [2.75, 3.05) is 12.0 Å². The van der Waals surface area contributed by atoms with Crippen molar-refractivity contribution in [2.45, 2.75) is 4.90 Å². The quantitative estimate of drug-likeness (QED) is 0.533. The van der Waals surface area contributed by atoms with Crippen molar-refractivity contribution in [1.82, 2.24) is 0 Å². The second kappa shape index (κ2) is 3.46. The fourth-order valence-corrected chi connectivity index (χ4v) is 1.26. The molecule has 0 spiro atoms. The zero-order valence-electron chi connectivity index (χ0n) is 6.47. The Morgan fingerprint density at radius 3 is 2.75 bits per heavy atom. The lowest BCUT2D eigenvalue weighted by Crippen LogP contribution is -1.95. The molecule has 0 aliphatic carbocycles. The van der Waals surface area contributed by atoms with Crippen LogP contribution in [0.4, 0.5) is 10.1 Å². The zero-order chi connectivity index (χ0) is 9.14. The highest BCUT2D eigenvalue weighted by Gasteiger charge is 2.06. The first-order valence-electron chi connectivity index (χ1n) is 3.22. The van der Waals surface area contributed by atoms with Gasteiger partial charge < -0.3 is 5.73 Å². The van der Waals surface area contributed by atoms with Gasteiger partial charge in [0.05, 0.1) is 11.3 Å². The second-order valence-corrected chi connectivity index (χ2v) is 3.06. The molecule has 62 valence electrons. The van der Waals surface area contributed by atoms with Gasteiger partial charge in [-0.25, -0.2) is 4.39 Å². The fourth-order valence-electron chi connectivity index (χ4n) is 0.803. The number of nitrogens with two attached hydrogens (primary N) is 1. The van der Waals surface area contributed by atoms with Gasteiger partial charge in [0.1, 0.15) is 11.9 Å². The predicted molar refractivity (Wildman–Crippen MR) is 47.3 cm³/mol. The van der Waals surface area contributed by atoms with E-state index < -0.39 is 5.82 Å². The van der Waals surface area contributed by atoms with Crippen molar-refractivity contribution in [3.05, 3.63) is 23.5 Å². The number of hydrogen-bond acceptors (Lipinski definition) is 3. The number of thioether (sulfide) groups is 1. The van der Waals surface area contributed by atoms with Crippen LogP contribution in [0.2, 0.25) is 0 Å². The van der Waals surface area contributed by atoms with E-state index in [0.717, 1.165) is 0 Å². The van der Waals surface area contributed by atoms with Crippen LogP contribution < -0.4 is 5.73 Å². The van der Waals surface area contributed by atoms with Crippen LogP contribution in [0.5, 0.6) is 0 Å². The van der Waals surface area contributed by atoms with Crippen molar-refractivity contribution in [3.63, 3.8) is 0 Å². The van der Waals surface area contributed by atoms with Crippen molar-refractivity contribution < 1.29 is 4.39 Å². The van der Waals surface area contributed by atoms with Gasteiger partial charge in [0.15, 0.2) is 0 Å². The molecule has 0 atom stereocenters. The average molecular weight is 182 g/mol. The normalized spacial score (nSPS) is 9.42. The van der Waals surface area contributed by atoms with Gasteiger partial charge in [0.25, 0.3) is 0 Å².